The highest BCUT2D eigenvalue weighted by molar-refractivity contribution is 7.91. The number of ether oxygens (including phenoxy) is 1. The summed E-state index contributed by atoms with van der Waals surface area (Å²) in [5, 5.41) is 11.2. The van der Waals surface area contributed by atoms with Gasteiger partial charge in [0.25, 0.3) is 0 Å². The Labute approximate surface area is 166 Å². The Morgan fingerprint density at radius 2 is 2.04 bits per heavy atom. The van der Waals surface area contributed by atoms with E-state index in [0.717, 1.165) is 21.8 Å². The van der Waals surface area contributed by atoms with Gasteiger partial charge in [0, 0.05) is 17.0 Å². The molecule has 0 saturated carbocycles. The molecule has 11 heteroatoms. The largest absolute Gasteiger partial charge is 0.434 e. The van der Waals surface area contributed by atoms with E-state index in [-0.39, 0.29) is 16.5 Å². The Morgan fingerprint density at radius 3 is 2.64 bits per heavy atom. The number of halogens is 2. The number of thiophene rings is 1. The van der Waals surface area contributed by atoms with Gasteiger partial charge in [-0.15, -0.1) is 11.3 Å². The highest BCUT2D eigenvalue weighted by atomic mass is 32.2. The number of aryl methyl sites for hydroxylation is 1. The highest BCUT2D eigenvalue weighted by Crippen LogP contribution is 2.23. The van der Waals surface area contributed by atoms with Crippen molar-refractivity contribution in [3.05, 3.63) is 46.3 Å². The number of nitrogens with two attached hydrogens (primary N) is 1. The maximum atomic E-state index is 12.6. The number of hydrogen-bond acceptors (Lipinski definition) is 5. The van der Waals surface area contributed by atoms with Crippen molar-refractivity contribution in [2.45, 2.75) is 37.8 Å². The normalized spacial score (nSPS) is 12.3. The van der Waals surface area contributed by atoms with Gasteiger partial charge >= 0.3 is 6.61 Å². The maximum Gasteiger partial charge on any atom is 0.387 e. The maximum absolute atomic E-state index is 12.6. The number of benzene rings is 1. The van der Waals surface area contributed by atoms with Crippen molar-refractivity contribution in [3.63, 3.8) is 0 Å². The van der Waals surface area contributed by atoms with Crippen LogP contribution in [-0.4, -0.2) is 27.5 Å². The predicted octanol–water partition coefficient (Wildman–Crippen LogP) is 2.56. The molecule has 1 aromatic heterocycles. The Hall–Kier alpha value is -2.24. The van der Waals surface area contributed by atoms with E-state index in [0.29, 0.717) is 24.6 Å². The average Bonchev–Trinajstić information content (AvgIpc) is 3.08. The first-order valence-corrected chi connectivity index (χ1v) is 10.7. The van der Waals surface area contributed by atoms with Crippen molar-refractivity contribution in [1.82, 2.24) is 10.6 Å². The molecule has 0 amide bonds. The van der Waals surface area contributed by atoms with Gasteiger partial charge in [-0.3, -0.25) is 0 Å². The summed E-state index contributed by atoms with van der Waals surface area (Å²) >= 11 is 1.06. The number of nitrogens with one attached hydrogen (secondary N) is 2. The Morgan fingerprint density at radius 1 is 1.29 bits per heavy atom. The third kappa shape index (κ3) is 6.73. The number of hydrogen-bond donors (Lipinski definition) is 3. The zero-order chi connectivity index (χ0) is 20.7. The summed E-state index contributed by atoms with van der Waals surface area (Å²) in [5.41, 5.74) is 1.43. The molecule has 0 aliphatic heterocycles. The topological polar surface area (TPSA) is 106 Å². The quantitative estimate of drug-likeness (QED) is 0.439. The number of sulfonamides is 1. The smallest absolute Gasteiger partial charge is 0.387 e. The molecule has 0 radical (unpaired) electrons. The zero-order valence-electron chi connectivity index (χ0n) is 15.4. The summed E-state index contributed by atoms with van der Waals surface area (Å²) in [6, 6.07) is 8.03. The highest BCUT2D eigenvalue weighted by Gasteiger charge is 2.12. The third-order valence-corrected chi connectivity index (χ3v) is 6.05. The fraction of sp³-hybridized carbons (Fsp3) is 0.353. The molecule has 0 unspecified atom stereocenters. The van der Waals surface area contributed by atoms with Gasteiger partial charge in [-0.25, -0.2) is 18.5 Å². The van der Waals surface area contributed by atoms with Gasteiger partial charge in [0.2, 0.25) is 10.0 Å². The molecule has 1 aromatic carbocycles. The third-order valence-electron chi connectivity index (χ3n) is 3.53. The van der Waals surface area contributed by atoms with Crippen LogP contribution in [0.5, 0.6) is 5.75 Å². The molecule has 0 bridgehead atoms. The molecular weight excluding hydrogens is 410 g/mol. The van der Waals surface area contributed by atoms with E-state index in [1.54, 1.807) is 18.2 Å². The van der Waals surface area contributed by atoms with Gasteiger partial charge in [0.05, 0.1) is 13.1 Å². The van der Waals surface area contributed by atoms with Gasteiger partial charge in [0.1, 0.15) is 9.96 Å². The Balaban J connectivity index is 2.10. The second-order valence-corrected chi connectivity index (χ2v) is 8.76. The number of guanidine groups is 1. The first-order chi connectivity index (χ1) is 13.2. The van der Waals surface area contributed by atoms with Gasteiger partial charge in [0.15, 0.2) is 5.96 Å². The lowest BCUT2D eigenvalue weighted by molar-refractivity contribution is -0.0504. The van der Waals surface area contributed by atoms with Crippen LogP contribution in [0.15, 0.2) is 39.5 Å². The first-order valence-electron chi connectivity index (χ1n) is 8.37. The zero-order valence-corrected chi connectivity index (χ0v) is 17.0. The minimum absolute atomic E-state index is 0.0799. The van der Waals surface area contributed by atoms with Gasteiger partial charge < -0.3 is 15.4 Å². The monoisotopic (exact) mass is 432 g/mol. The number of alkyl halides is 2. The summed E-state index contributed by atoms with van der Waals surface area (Å²) in [5.74, 6) is 0.536. The number of nitrogens with zero attached hydrogens (tertiary/aromatic N) is 1. The van der Waals surface area contributed by atoms with Crippen molar-refractivity contribution < 1.29 is 21.9 Å². The minimum atomic E-state index is -3.73. The van der Waals surface area contributed by atoms with Crippen molar-refractivity contribution in [2.75, 3.05) is 6.54 Å². The lowest BCUT2D eigenvalue weighted by Crippen LogP contribution is -2.36. The first kappa shape index (κ1) is 22.1. The van der Waals surface area contributed by atoms with Crippen LogP contribution >= 0.6 is 11.3 Å². The fourth-order valence-corrected chi connectivity index (χ4v) is 4.04. The van der Waals surface area contributed by atoms with Gasteiger partial charge in [-0.1, -0.05) is 17.7 Å². The summed E-state index contributed by atoms with van der Waals surface area (Å²) < 4.78 is 52.5. The van der Waals surface area contributed by atoms with Crippen LogP contribution in [0.2, 0.25) is 0 Å². The summed E-state index contributed by atoms with van der Waals surface area (Å²) in [6.45, 7) is 1.88. The van der Waals surface area contributed by atoms with Crippen LogP contribution in [0, 0.1) is 6.92 Å². The molecule has 1 heterocycles. The van der Waals surface area contributed by atoms with Crippen molar-refractivity contribution in [1.29, 1.82) is 0 Å². The summed E-state index contributed by atoms with van der Waals surface area (Å²) in [4.78, 5) is 5.15. The van der Waals surface area contributed by atoms with E-state index in [1.807, 2.05) is 13.8 Å². The average molecular weight is 433 g/mol. The molecule has 0 saturated heterocycles. The lowest BCUT2D eigenvalue weighted by Gasteiger charge is -2.13. The SMILES string of the molecule is CCNC(=NCc1cc(C)ccc1OC(F)F)NCc1ccc(S(N)(=O)=O)s1. The molecule has 0 spiro atoms. The summed E-state index contributed by atoms with van der Waals surface area (Å²) in [6.07, 6.45) is 0. The predicted molar refractivity (Wildman–Crippen MR) is 105 cm³/mol. The molecule has 0 atom stereocenters. The fourth-order valence-electron chi connectivity index (χ4n) is 2.33. The molecular formula is C17H22F2N4O3S2. The molecule has 28 heavy (non-hydrogen) atoms. The molecule has 2 rings (SSSR count). The van der Waals surface area contributed by atoms with Crippen molar-refractivity contribution in [3.8, 4) is 5.75 Å². The summed E-state index contributed by atoms with van der Waals surface area (Å²) in [7, 11) is -3.73. The number of aliphatic imine (C=N–C) groups is 1. The van der Waals surface area contributed by atoms with Crippen LogP contribution in [-0.2, 0) is 23.1 Å². The van der Waals surface area contributed by atoms with E-state index in [4.69, 9.17) is 5.14 Å². The minimum Gasteiger partial charge on any atom is -0.434 e. The van der Waals surface area contributed by atoms with E-state index in [2.05, 4.69) is 20.4 Å². The molecule has 2 aromatic rings. The second kappa shape index (κ2) is 9.80. The van der Waals surface area contributed by atoms with E-state index >= 15 is 0 Å². The van der Waals surface area contributed by atoms with Gasteiger partial charge in [-0.05, 0) is 32.0 Å². The molecule has 0 fully saturated rings. The van der Waals surface area contributed by atoms with Crippen molar-refractivity contribution in [2.24, 2.45) is 10.1 Å². The Kier molecular flexibility index (Phi) is 7.72. The molecule has 0 aliphatic carbocycles. The van der Waals surface area contributed by atoms with Crippen LogP contribution in [0.1, 0.15) is 22.9 Å². The van der Waals surface area contributed by atoms with E-state index in [9.17, 15) is 17.2 Å². The van der Waals surface area contributed by atoms with Crippen LogP contribution in [0.3, 0.4) is 0 Å². The van der Waals surface area contributed by atoms with E-state index < -0.39 is 16.6 Å². The van der Waals surface area contributed by atoms with Crippen LogP contribution < -0.4 is 20.5 Å². The van der Waals surface area contributed by atoms with Gasteiger partial charge in [-0.2, -0.15) is 8.78 Å². The van der Waals surface area contributed by atoms with E-state index in [1.165, 1.54) is 12.1 Å². The number of rotatable bonds is 8. The standard InChI is InChI=1S/C17H22F2N4O3S2/c1-3-21-17(23-10-13-5-7-15(27-13)28(20,24)25)22-9-12-8-11(2)4-6-14(12)26-16(18)19/h4-8,16H,3,9-10H2,1-2H3,(H2,20,24,25)(H2,21,22,23). The lowest BCUT2D eigenvalue weighted by atomic mass is 10.1. The Bertz CT molecular complexity index is 930. The van der Waals surface area contributed by atoms with Crippen molar-refractivity contribution >= 4 is 27.3 Å². The molecule has 154 valence electrons. The molecule has 4 N–H and O–H groups in total. The molecule has 0 aliphatic rings. The molecule has 7 nitrogen and oxygen atoms in total. The van der Waals surface area contributed by atoms with Crippen LogP contribution in [0.25, 0.3) is 0 Å². The second-order valence-electron chi connectivity index (χ2n) is 5.80. The number of primary sulfonamides is 1. The van der Waals surface area contributed by atoms with Crippen LogP contribution in [0.4, 0.5) is 8.78 Å².